The van der Waals surface area contributed by atoms with Crippen molar-refractivity contribution in [2.75, 3.05) is 42.7 Å². The molecular formula is C29H29F3O8. The van der Waals surface area contributed by atoms with E-state index in [1.807, 2.05) is 0 Å². The molecule has 0 saturated heterocycles. The van der Waals surface area contributed by atoms with Crippen molar-refractivity contribution in [2.24, 2.45) is 0 Å². The number of halogens is 3. The number of hydrogen-bond acceptors (Lipinski definition) is 8. The normalized spacial score (nSPS) is 18.0. The molecule has 1 unspecified atom stereocenters. The number of esters is 1. The third-order valence-electron chi connectivity index (χ3n) is 6.90. The number of ether oxygens (including phenoxy) is 7. The van der Waals surface area contributed by atoms with E-state index in [0.29, 0.717) is 56.8 Å². The SMILES string of the molecule is COc1cc(OC)cc(C2[C@@H](c3ccc(OC)c(OC)c3)c3c(OC)cc(OC)cc3[C@H]2OC(=O)C(F)(F)F)c1. The van der Waals surface area contributed by atoms with Gasteiger partial charge in [-0.2, -0.15) is 13.2 Å². The van der Waals surface area contributed by atoms with Crippen molar-refractivity contribution < 1.29 is 51.1 Å². The smallest absolute Gasteiger partial charge is 0.490 e. The minimum Gasteiger partial charge on any atom is -0.497 e. The van der Waals surface area contributed by atoms with E-state index < -0.39 is 30.1 Å². The number of carbonyl (C=O) groups excluding carboxylic acids is 1. The van der Waals surface area contributed by atoms with Gasteiger partial charge in [-0.3, -0.25) is 0 Å². The molecule has 4 rings (SSSR count). The fraction of sp³-hybridized carbons (Fsp3) is 0.345. The van der Waals surface area contributed by atoms with E-state index in [-0.39, 0.29) is 0 Å². The van der Waals surface area contributed by atoms with Crippen LogP contribution in [0.4, 0.5) is 13.2 Å². The van der Waals surface area contributed by atoms with Crippen molar-refractivity contribution in [1.29, 1.82) is 0 Å². The number of fused-ring (bicyclic) bond motifs is 1. The third-order valence-corrected chi connectivity index (χ3v) is 6.90. The molecule has 0 radical (unpaired) electrons. The molecule has 3 atom stereocenters. The summed E-state index contributed by atoms with van der Waals surface area (Å²) >= 11 is 0. The first-order valence-corrected chi connectivity index (χ1v) is 12.1. The van der Waals surface area contributed by atoms with Gasteiger partial charge in [0.15, 0.2) is 11.5 Å². The van der Waals surface area contributed by atoms with Gasteiger partial charge < -0.3 is 33.2 Å². The molecule has 0 N–H and O–H groups in total. The van der Waals surface area contributed by atoms with Crippen molar-refractivity contribution in [3.8, 4) is 34.5 Å². The zero-order chi connectivity index (χ0) is 29.2. The molecule has 0 bridgehead atoms. The summed E-state index contributed by atoms with van der Waals surface area (Å²) in [6, 6.07) is 13.4. The van der Waals surface area contributed by atoms with E-state index in [0.717, 1.165) is 0 Å². The predicted molar refractivity (Wildman–Crippen MR) is 138 cm³/mol. The Balaban J connectivity index is 2.06. The maximum atomic E-state index is 13.5. The standard InChI is InChI=1S/C29H29F3O8/c1-34-17-9-16(10-18(12-17)35-2)25-24(15-7-8-21(37-4)22(11-15)38-5)26-20(13-19(36-3)14-23(26)39-6)27(25)40-28(33)29(30,31)32/h7-14,24-25,27H,1-6H3/t24-,25?,27-/m1/s1. The van der Waals surface area contributed by atoms with Crippen LogP contribution in [0.5, 0.6) is 34.5 Å². The Bertz CT molecular complexity index is 1370. The molecule has 8 nitrogen and oxygen atoms in total. The van der Waals surface area contributed by atoms with Crippen LogP contribution < -0.4 is 28.4 Å². The van der Waals surface area contributed by atoms with Crippen LogP contribution >= 0.6 is 0 Å². The van der Waals surface area contributed by atoms with Gasteiger partial charge in [-0.1, -0.05) is 6.07 Å². The summed E-state index contributed by atoms with van der Waals surface area (Å²) in [6.45, 7) is 0. The van der Waals surface area contributed by atoms with Gasteiger partial charge in [-0.15, -0.1) is 0 Å². The van der Waals surface area contributed by atoms with Gasteiger partial charge in [0, 0.05) is 35.1 Å². The fourth-order valence-electron chi connectivity index (χ4n) is 5.15. The van der Waals surface area contributed by atoms with Gasteiger partial charge in [0.05, 0.1) is 42.7 Å². The Morgan fingerprint density at radius 1 is 0.650 bits per heavy atom. The van der Waals surface area contributed by atoms with E-state index in [4.69, 9.17) is 33.2 Å². The molecular weight excluding hydrogens is 533 g/mol. The first-order chi connectivity index (χ1) is 19.1. The fourth-order valence-corrected chi connectivity index (χ4v) is 5.15. The summed E-state index contributed by atoms with van der Waals surface area (Å²) in [7, 11) is 8.76. The summed E-state index contributed by atoms with van der Waals surface area (Å²) in [4.78, 5) is 12.3. The average molecular weight is 563 g/mol. The molecule has 0 aromatic heterocycles. The zero-order valence-electron chi connectivity index (χ0n) is 22.8. The monoisotopic (exact) mass is 562 g/mol. The van der Waals surface area contributed by atoms with Crippen LogP contribution in [0.15, 0.2) is 48.5 Å². The molecule has 0 spiro atoms. The van der Waals surface area contributed by atoms with E-state index in [1.165, 1.54) is 42.7 Å². The summed E-state index contributed by atoms with van der Waals surface area (Å²) in [5.74, 6) is -1.51. The summed E-state index contributed by atoms with van der Waals surface area (Å²) < 4.78 is 78.8. The highest BCUT2D eigenvalue weighted by Gasteiger charge is 2.51. The van der Waals surface area contributed by atoms with Crippen LogP contribution in [0.3, 0.4) is 0 Å². The number of methoxy groups -OCH3 is 6. The molecule has 11 heteroatoms. The molecule has 40 heavy (non-hydrogen) atoms. The van der Waals surface area contributed by atoms with Crippen LogP contribution in [0, 0.1) is 0 Å². The largest absolute Gasteiger partial charge is 0.497 e. The first kappa shape index (κ1) is 28.7. The summed E-state index contributed by atoms with van der Waals surface area (Å²) in [5, 5.41) is 0. The van der Waals surface area contributed by atoms with Gasteiger partial charge in [0.2, 0.25) is 0 Å². The van der Waals surface area contributed by atoms with Crippen molar-refractivity contribution in [3.63, 3.8) is 0 Å². The first-order valence-electron chi connectivity index (χ1n) is 12.1. The molecule has 1 aliphatic carbocycles. The van der Waals surface area contributed by atoms with E-state index >= 15 is 0 Å². The van der Waals surface area contributed by atoms with Crippen LogP contribution in [-0.2, 0) is 9.53 Å². The van der Waals surface area contributed by atoms with Crippen molar-refractivity contribution in [2.45, 2.75) is 24.1 Å². The van der Waals surface area contributed by atoms with Gasteiger partial charge in [0.1, 0.15) is 29.1 Å². The molecule has 0 saturated carbocycles. The lowest BCUT2D eigenvalue weighted by atomic mass is 9.80. The van der Waals surface area contributed by atoms with E-state index in [2.05, 4.69) is 0 Å². The minimum atomic E-state index is -5.22. The number of alkyl halides is 3. The molecule has 1 aliphatic rings. The Kier molecular flexibility index (Phi) is 8.22. The van der Waals surface area contributed by atoms with Gasteiger partial charge >= 0.3 is 12.1 Å². The highest BCUT2D eigenvalue weighted by Crippen LogP contribution is 2.60. The van der Waals surface area contributed by atoms with Crippen molar-refractivity contribution in [1.82, 2.24) is 0 Å². The molecule has 0 heterocycles. The quantitative estimate of drug-likeness (QED) is 0.302. The Morgan fingerprint density at radius 3 is 1.75 bits per heavy atom. The highest BCUT2D eigenvalue weighted by molar-refractivity contribution is 5.76. The topological polar surface area (TPSA) is 81.7 Å². The van der Waals surface area contributed by atoms with Crippen LogP contribution in [0.25, 0.3) is 0 Å². The van der Waals surface area contributed by atoms with Crippen molar-refractivity contribution >= 4 is 5.97 Å². The average Bonchev–Trinajstić information content (AvgIpc) is 3.28. The number of hydrogen-bond donors (Lipinski definition) is 0. The molecule has 0 fully saturated rings. The second-order valence-electron chi connectivity index (χ2n) is 8.92. The Morgan fingerprint density at radius 2 is 1.23 bits per heavy atom. The van der Waals surface area contributed by atoms with Crippen LogP contribution in [0.1, 0.15) is 40.2 Å². The Labute approximate surface area is 229 Å². The van der Waals surface area contributed by atoms with E-state index in [1.54, 1.807) is 48.5 Å². The highest BCUT2D eigenvalue weighted by atomic mass is 19.4. The summed E-state index contributed by atoms with van der Waals surface area (Å²) in [6.07, 6.45) is -6.61. The lowest BCUT2D eigenvalue weighted by molar-refractivity contribution is -0.206. The van der Waals surface area contributed by atoms with Crippen LogP contribution in [-0.4, -0.2) is 54.8 Å². The summed E-state index contributed by atoms with van der Waals surface area (Å²) in [5.41, 5.74) is 2.00. The second-order valence-corrected chi connectivity index (χ2v) is 8.92. The Hall–Kier alpha value is -4.28. The number of benzene rings is 3. The predicted octanol–water partition coefficient (Wildman–Crippen LogP) is 5.81. The van der Waals surface area contributed by atoms with Crippen LogP contribution in [0.2, 0.25) is 0 Å². The molecule has 0 amide bonds. The van der Waals surface area contributed by atoms with Gasteiger partial charge in [-0.05, 0) is 41.5 Å². The maximum absolute atomic E-state index is 13.5. The molecule has 3 aromatic carbocycles. The second kappa shape index (κ2) is 11.4. The van der Waals surface area contributed by atoms with Gasteiger partial charge in [-0.25, -0.2) is 4.79 Å². The number of rotatable bonds is 9. The molecule has 0 aliphatic heterocycles. The zero-order valence-corrected chi connectivity index (χ0v) is 22.8. The third kappa shape index (κ3) is 5.28. The maximum Gasteiger partial charge on any atom is 0.490 e. The lowest BCUT2D eigenvalue weighted by Gasteiger charge is -2.28. The number of carbonyl (C=O) groups is 1. The van der Waals surface area contributed by atoms with Gasteiger partial charge in [0.25, 0.3) is 0 Å². The lowest BCUT2D eigenvalue weighted by Crippen LogP contribution is -2.28. The molecule has 3 aromatic rings. The minimum absolute atomic E-state index is 0.306. The van der Waals surface area contributed by atoms with Crippen molar-refractivity contribution in [3.05, 3.63) is 70.8 Å². The molecule has 214 valence electrons. The van der Waals surface area contributed by atoms with E-state index in [9.17, 15) is 18.0 Å².